The van der Waals surface area contributed by atoms with Gasteiger partial charge in [0.25, 0.3) is 0 Å². The molecule has 3 aromatic rings. The van der Waals surface area contributed by atoms with Crippen LogP contribution in [0.25, 0.3) is 16.9 Å². The fraction of sp³-hybridized carbons (Fsp3) is 0.320. The van der Waals surface area contributed by atoms with Crippen molar-refractivity contribution in [3.63, 3.8) is 0 Å². The molecule has 0 aliphatic carbocycles. The van der Waals surface area contributed by atoms with E-state index >= 15 is 0 Å². The summed E-state index contributed by atoms with van der Waals surface area (Å²) in [5.74, 6) is 0.240. The molecule has 0 spiro atoms. The minimum absolute atomic E-state index is 0.221. The number of carbonyl (C=O) groups is 2. The van der Waals surface area contributed by atoms with E-state index in [1.165, 1.54) is 0 Å². The maximum absolute atomic E-state index is 12.3. The van der Waals surface area contributed by atoms with E-state index in [1.807, 2.05) is 69.3 Å². The minimum Gasteiger partial charge on any atom is -0.497 e. The number of nitrogens with one attached hydrogen (secondary N) is 1. The number of hydrogen-bond donors (Lipinski definition) is 1. The molecule has 0 saturated carbocycles. The lowest BCUT2D eigenvalue weighted by Gasteiger charge is -2.19. The lowest BCUT2D eigenvalue weighted by Crippen LogP contribution is -2.32. The second-order valence-corrected chi connectivity index (χ2v) is 8.30. The highest BCUT2D eigenvalue weighted by atomic mass is 16.6. The van der Waals surface area contributed by atoms with Crippen LogP contribution in [0.5, 0.6) is 5.75 Å². The molecule has 8 heteroatoms. The number of esters is 1. The van der Waals surface area contributed by atoms with Gasteiger partial charge in [-0.25, -0.2) is 14.3 Å². The molecular formula is C25H29N3O5. The third kappa shape index (κ3) is 6.35. The number of carbonyl (C=O) groups excluding carboxylic acids is 2. The molecule has 0 aliphatic heterocycles. The summed E-state index contributed by atoms with van der Waals surface area (Å²) in [5, 5.41) is 7.22. The van der Waals surface area contributed by atoms with Crippen molar-refractivity contribution in [3.8, 4) is 22.7 Å². The fourth-order valence-corrected chi connectivity index (χ4v) is 3.09. The van der Waals surface area contributed by atoms with Crippen molar-refractivity contribution in [1.29, 1.82) is 0 Å². The zero-order chi connectivity index (χ0) is 24.0. The van der Waals surface area contributed by atoms with Gasteiger partial charge in [-0.15, -0.1) is 0 Å². The summed E-state index contributed by atoms with van der Waals surface area (Å²) in [6, 6.07) is 16.7. The van der Waals surface area contributed by atoms with Crippen LogP contribution >= 0.6 is 0 Å². The lowest BCUT2D eigenvalue weighted by atomic mass is 10.1. The summed E-state index contributed by atoms with van der Waals surface area (Å²) in [6.45, 7) is 7.81. The Hall–Kier alpha value is -3.81. The first-order valence-corrected chi connectivity index (χ1v) is 10.7. The Morgan fingerprint density at radius 1 is 1.03 bits per heavy atom. The SMILES string of the molecule is CCOC(=O)c1cc(-c2ccc(CNC(=O)OC(C)(C)C)cc2)n(-c2ccc(OC)cc2)n1. The van der Waals surface area contributed by atoms with Crippen LogP contribution in [0, 0.1) is 0 Å². The molecule has 0 bridgehead atoms. The van der Waals surface area contributed by atoms with Gasteiger partial charge >= 0.3 is 12.1 Å². The van der Waals surface area contributed by atoms with Gasteiger partial charge in [-0.1, -0.05) is 24.3 Å². The van der Waals surface area contributed by atoms with Gasteiger partial charge in [0.15, 0.2) is 5.69 Å². The molecule has 3 rings (SSSR count). The molecule has 1 heterocycles. The molecule has 33 heavy (non-hydrogen) atoms. The topological polar surface area (TPSA) is 91.7 Å². The number of hydrogen-bond acceptors (Lipinski definition) is 6. The molecule has 8 nitrogen and oxygen atoms in total. The minimum atomic E-state index is -0.551. The van der Waals surface area contributed by atoms with Gasteiger partial charge in [0.05, 0.1) is 25.1 Å². The highest BCUT2D eigenvalue weighted by Crippen LogP contribution is 2.26. The largest absolute Gasteiger partial charge is 0.497 e. The highest BCUT2D eigenvalue weighted by Gasteiger charge is 2.18. The van der Waals surface area contributed by atoms with E-state index in [4.69, 9.17) is 14.2 Å². The van der Waals surface area contributed by atoms with Crippen LogP contribution in [0.15, 0.2) is 54.6 Å². The van der Waals surface area contributed by atoms with Crippen molar-refractivity contribution in [2.24, 2.45) is 0 Å². The molecule has 0 saturated heterocycles. The monoisotopic (exact) mass is 451 g/mol. The first-order valence-electron chi connectivity index (χ1n) is 10.7. The Morgan fingerprint density at radius 3 is 2.27 bits per heavy atom. The lowest BCUT2D eigenvalue weighted by molar-refractivity contribution is 0.0510. The van der Waals surface area contributed by atoms with Crippen LogP contribution < -0.4 is 10.1 Å². The third-order valence-corrected chi connectivity index (χ3v) is 4.60. The summed E-state index contributed by atoms with van der Waals surface area (Å²) in [6.07, 6.45) is -0.469. The van der Waals surface area contributed by atoms with Crippen molar-refractivity contribution in [1.82, 2.24) is 15.1 Å². The second-order valence-electron chi connectivity index (χ2n) is 8.30. The Balaban J connectivity index is 1.86. The van der Waals surface area contributed by atoms with Crippen molar-refractivity contribution in [2.45, 2.75) is 39.8 Å². The van der Waals surface area contributed by atoms with Gasteiger partial charge in [0, 0.05) is 12.1 Å². The van der Waals surface area contributed by atoms with Crippen LogP contribution in [0.4, 0.5) is 4.79 Å². The molecule has 0 radical (unpaired) electrons. The van der Waals surface area contributed by atoms with E-state index in [1.54, 1.807) is 24.8 Å². The molecule has 2 aromatic carbocycles. The van der Waals surface area contributed by atoms with Crippen LogP contribution in [0.2, 0.25) is 0 Å². The van der Waals surface area contributed by atoms with Gasteiger partial charge in [-0.2, -0.15) is 5.10 Å². The van der Waals surface area contributed by atoms with Gasteiger partial charge in [0.1, 0.15) is 11.4 Å². The Labute approximate surface area is 193 Å². The summed E-state index contributed by atoms with van der Waals surface area (Å²) < 4.78 is 17.3. The number of nitrogens with zero attached hydrogens (tertiary/aromatic N) is 2. The fourth-order valence-electron chi connectivity index (χ4n) is 3.09. The van der Waals surface area contributed by atoms with E-state index in [0.29, 0.717) is 6.54 Å². The van der Waals surface area contributed by atoms with Crippen LogP contribution in [-0.2, 0) is 16.0 Å². The average molecular weight is 452 g/mol. The van der Waals surface area contributed by atoms with Gasteiger partial charge in [-0.05, 0) is 63.6 Å². The summed E-state index contributed by atoms with van der Waals surface area (Å²) >= 11 is 0. The van der Waals surface area contributed by atoms with Gasteiger partial charge in [0.2, 0.25) is 0 Å². The summed E-state index contributed by atoms with van der Waals surface area (Å²) in [7, 11) is 1.60. The molecule has 0 fully saturated rings. The average Bonchev–Trinajstić information content (AvgIpc) is 3.23. The normalized spacial score (nSPS) is 11.1. The second kappa shape index (κ2) is 10.2. The highest BCUT2D eigenvalue weighted by molar-refractivity contribution is 5.89. The van der Waals surface area contributed by atoms with E-state index < -0.39 is 17.7 Å². The van der Waals surface area contributed by atoms with Crippen molar-refractivity contribution >= 4 is 12.1 Å². The van der Waals surface area contributed by atoms with E-state index in [0.717, 1.165) is 28.3 Å². The van der Waals surface area contributed by atoms with Gasteiger partial charge in [-0.3, -0.25) is 0 Å². The standard InChI is InChI=1S/C25H29N3O5/c1-6-32-23(29)21-15-22(28(27-21)19-11-13-20(31-5)14-12-19)18-9-7-17(8-10-18)16-26-24(30)33-25(2,3)4/h7-15H,6,16H2,1-5H3,(H,26,30). The first-order chi connectivity index (χ1) is 15.7. The number of alkyl carbamates (subject to hydrolysis) is 1. The summed E-state index contributed by atoms with van der Waals surface area (Å²) in [4.78, 5) is 24.2. The van der Waals surface area contributed by atoms with Crippen LogP contribution in [0.1, 0.15) is 43.7 Å². The quantitative estimate of drug-likeness (QED) is 0.521. The zero-order valence-electron chi connectivity index (χ0n) is 19.5. The zero-order valence-corrected chi connectivity index (χ0v) is 19.5. The molecule has 174 valence electrons. The molecule has 0 aliphatic rings. The molecule has 1 amide bonds. The number of ether oxygens (including phenoxy) is 3. The maximum Gasteiger partial charge on any atom is 0.407 e. The van der Waals surface area contributed by atoms with E-state index in [2.05, 4.69) is 10.4 Å². The van der Waals surface area contributed by atoms with E-state index in [-0.39, 0.29) is 12.3 Å². The van der Waals surface area contributed by atoms with Crippen LogP contribution in [0.3, 0.4) is 0 Å². The van der Waals surface area contributed by atoms with Crippen molar-refractivity contribution in [3.05, 3.63) is 65.9 Å². The van der Waals surface area contributed by atoms with Crippen molar-refractivity contribution in [2.75, 3.05) is 13.7 Å². The number of aromatic nitrogens is 2. The van der Waals surface area contributed by atoms with Crippen molar-refractivity contribution < 1.29 is 23.8 Å². The number of benzene rings is 2. The Bertz CT molecular complexity index is 1100. The number of rotatable bonds is 7. The van der Waals surface area contributed by atoms with E-state index in [9.17, 15) is 9.59 Å². The Kier molecular flexibility index (Phi) is 7.37. The summed E-state index contributed by atoms with van der Waals surface area (Å²) in [5.41, 5.74) is 2.94. The van der Waals surface area contributed by atoms with Gasteiger partial charge < -0.3 is 19.5 Å². The third-order valence-electron chi connectivity index (χ3n) is 4.60. The number of methoxy groups -OCH3 is 1. The van der Waals surface area contributed by atoms with Crippen LogP contribution in [-0.4, -0.2) is 41.2 Å². The molecule has 0 unspecified atom stereocenters. The molecule has 1 N–H and O–H groups in total. The smallest absolute Gasteiger partial charge is 0.407 e. The molecule has 1 aromatic heterocycles. The molecular weight excluding hydrogens is 422 g/mol. The first kappa shape index (κ1) is 23.8. The molecule has 0 atom stereocenters. The number of amides is 1. The predicted octanol–water partition coefficient (Wildman–Crippen LogP) is 4.75. The maximum atomic E-state index is 12.3. The predicted molar refractivity (Wildman–Crippen MR) is 125 cm³/mol. The Morgan fingerprint density at radius 2 is 1.70 bits per heavy atom.